The molecule has 0 spiro atoms. The van der Waals surface area contributed by atoms with E-state index in [9.17, 15) is 0 Å². The molecule has 0 unspecified atom stereocenters. The second-order valence-corrected chi connectivity index (χ2v) is 4.43. The standard InChI is InChI=1S/C13H22N2/c1-5-13(10(2)3)15-11(4)12-7-6-8-14-9-12/h6-11,13,15H,5H2,1-4H3/t11-,13-/m0/s1. The smallest absolute Gasteiger partial charge is 0.0315 e. The van der Waals surface area contributed by atoms with Crippen molar-refractivity contribution in [1.29, 1.82) is 0 Å². The van der Waals surface area contributed by atoms with Gasteiger partial charge < -0.3 is 5.32 Å². The molecule has 0 aliphatic carbocycles. The first kappa shape index (κ1) is 12.2. The van der Waals surface area contributed by atoms with E-state index in [4.69, 9.17) is 0 Å². The fourth-order valence-electron chi connectivity index (χ4n) is 1.83. The molecular weight excluding hydrogens is 184 g/mol. The van der Waals surface area contributed by atoms with Crippen LogP contribution in [0.15, 0.2) is 24.5 Å². The summed E-state index contributed by atoms with van der Waals surface area (Å²) in [6.07, 6.45) is 4.92. The second-order valence-electron chi connectivity index (χ2n) is 4.43. The number of hydrogen-bond acceptors (Lipinski definition) is 2. The molecule has 0 bridgehead atoms. The SMILES string of the molecule is CC[C@H](N[C@@H](C)c1cccnc1)C(C)C. The van der Waals surface area contributed by atoms with E-state index in [1.807, 2.05) is 18.5 Å². The summed E-state index contributed by atoms with van der Waals surface area (Å²) >= 11 is 0. The molecule has 2 nitrogen and oxygen atoms in total. The third kappa shape index (κ3) is 3.63. The Balaban J connectivity index is 2.58. The van der Waals surface area contributed by atoms with Crippen LogP contribution < -0.4 is 5.32 Å². The Labute approximate surface area is 93.1 Å². The largest absolute Gasteiger partial charge is 0.307 e. The van der Waals surface area contributed by atoms with Gasteiger partial charge in [0.15, 0.2) is 0 Å². The molecular formula is C13H22N2. The highest BCUT2D eigenvalue weighted by Crippen LogP contribution is 2.15. The van der Waals surface area contributed by atoms with Crippen molar-refractivity contribution in [2.45, 2.75) is 46.2 Å². The van der Waals surface area contributed by atoms with Gasteiger partial charge >= 0.3 is 0 Å². The molecule has 0 fully saturated rings. The van der Waals surface area contributed by atoms with E-state index in [1.54, 1.807) is 0 Å². The summed E-state index contributed by atoms with van der Waals surface area (Å²) in [6, 6.07) is 5.08. The van der Waals surface area contributed by atoms with Gasteiger partial charge in [-0.1, -0.05) is 26.8 Å². The summed E-state index contributed by atoms with van der Waals surface area (Å²) in [5.41, 5.74) is 1.26. The first-order valence-corrected chi connectivity index (χ1v) is 5.81. The molecule has 0 aromatic carbocycles. The molecule has 1 N–H and O–H groups in total. The summed E-state index contributed by atoms with van der Waals surface area (Å²) in [5, 5.41) is 3.64. The maximum Gasteiger partial charge on any atom is 0.0315 e. The predicted octanol–water partition coefficient (Wildman–Crippen LogP) is 3.17. The second kappa shape index (κ2) is 5.86. The zero-order chi connectivity index (χ0) is 11.3. The van der Waals surface area contributed by atoms with E-state index in [0.29, 0.717) is 18.0 Å². The lowest BCUT2D eigenvalue weighted by Crippen LogP contribution is -2.35. The molecule has 84 valence electrons. The molecule has 1 aromatic heterocycles. The summed E-state index contributed by atoms with van der Waals surface area (Å²) in [7, 11) is 0. The van der Waals surface area contributed by atoms with Crippen molar-refractivity contribution in [3.05, 3.63) is 30.1 Å². The van der Waals surface area contributed by atoms with Gasteiger partial charge in [-0.3, -0.25) is 4.98 Å². The molecule has 1 aromatic rings. The van der Waals surface area contributed by atoms with Crippen molar-refractivity contribution in [3.63, 3.8) is 0 Å². The maximum absolute atomic E-state index is 4.14. The van der Waals surface area contributed by atoms with Gasteiger partial charge in [-0.25, -0.2) is 0 Å². The molecule has 0 aliphatic rings. The number of pyridine rings is 1. The van der Waals surface area contributed by atoms with Crippen molar-refractivity contribution in [3.8, 4) is 0 Å². The van der Waals surface area contributed by atoms with Gasteiger partial charge in [0, 0.05) is 24.5 Å². The zero-order valence-corrected chi connectivity index (χ0v) is 10.2. The maximum atomic E-state index is 4.14. The highest BCUT2D eigenvalue weighted by Gasteiger charge is 2.14. The average Bonchev–Trinajstić information content (AvgIpc) is 2.26. The van der Waals surface area contributed by atoms with Crippen LogP contribution in [0.2, 0.25) is 0 Å². The van der Waals surface area contributed by atoms with Gasteiger partial charge in [0.05, 0.1) is 0 Å². The van der Waals surface area contributed by atoms with Crippen molar-refractivity contribution >= 4 is 0 Å². The lowest BCUT2D eigenvalue weighted by Gasteiger charge is -2.25. The van der Waals surface area contributed by atoms with Crippen molar-refractivity contribution < 1.29 is 0 Å². The molecule has 0 saturated carbocycles. The first-order valence-electron chi connectivity index (χ1n) is 5.81. The van der Waals surface area contributed by atoms with Crippen LogP contribution in [0.3, 0.4) is 0 Å². The zero-order valence-electron chi connectivity index (χ0n) is 10.2. The Bertz CT molecular complexity index is 269. The number of rotatable bonds is 5. The number of nitrogens with one attached hydrogen (secondary N) is 1. The van der Waals surface area contributed by atoms with Crippen molar-refractivity contribution in [2.75, 3.05) is 0 Å². The Hall–Kier alpha value is -0.890. The normalized spacial score (nSPS) is 15.3. The lowest BCUT2D eigenvalue weighted by molar-refractivity contribution is 0.355. The van der Waals surface area contributed by atoms with Crippen LogP contribution in [0.1, 0.15) is 45.7 Å². The predicted molar refractivity (Wildman–Crippen MR) is 64.7 cm³/mol. The molecule has 0 saturated heterocycles. The molecule has 0 amide bonds. The van der Waals surface area contributed by atoms with Crippen LogP contribution in [0, 0.1) is 5.92 Å². The quantitative estimate of drug-likeness (QED) is 0.800. The average molecular weight is 206 g/mol. The van der Waals surface area contributed by atoms with E-state index < -0.39 is 0 Å². The highest BCUT2D eigenvalue weighted by molar-refractivity contribution is 5.12. The van der Waals surface area contributed by atoms with Crippen LogP contribution in [0.5, 0.6) is 0 Å². The van der Waals surface area contributed by atoms with Gasteiger partial charge in [-0.2, -0.15) is 0 Å². The first-order chi connectivity index (χ1) is 7.15. The molecule has 0 radical (unpaired) electrons. The molecule has 1 heterocycles. The molecule has 1 rings (SSSR count). The summed E-state index contributed by atoms with van der Waals surface area (Å²) < 4.78 is 0. The molecule has 0 aliphatic heterocycles. The van der Waals surface area contributed by atoms with Crippen LogP contribution >= 0.6 is 0 Å². The Kier molecular flexibility index (Phi) is 4.76. The van der Waals surface area contributed by atoms with Crippen molar-refractivity contribution in [1.82, 2.24) is 10.3 Å². The Morgan fingerprint density at radius 3 is 2.53 bits per heavy atom. The number of aromatic nitrogens is 1. The summed E-state index contributed by atoms with van der Waals surface area (Å²) in [5.74, 6) is 0.675. The van der Waals surface area contributed by atoms with Gasteiger partial charge in [-0.05, 0) is 30.9 Å². The van der Waals surface area contributed by atoms with Gasteiger partial charge in [0.25, 0.3) is 0 Å². The lowest BCUT2D eigenvalue weighted by atomic mass is 9.99. The monoisotopic (exact) mass is 206 g/mol. The highest BCUT2D eigenvalue weighted by atomic mass is 14.9. The third-order valence-corrected chi connectivity index (χ3v) is 2.89. The van der Waals surface area contributed by atoms with E-state index >= 15 is 0 Å². The number of nitrogens with zero attached hydrogens (tertiary/aromatic N) is 1. The minimum Gasteiger partial charge on any atom is -0.307 e. The fraction of sp³-hybridized carbons (Fsp3) is 0.615. The van der Waals surface area contributed by atoms with Crippen LogP contribution in [0.25, 0.3) is 0 Å². The fourth-order valence-corrected chi connectivity index (χ4v) is 1.83. The Morgan fingerprint density at radius 2 is 2.07 bits per heavy atom. The minimum absolute atomic E-state index is 0.381. The minimum atomic E-state index is 0.381. The molecule has 2 heteroatoms. The van der Waals surface area contributed by atoms with Crippen LogP contribution in [-0.2, 0) is 0 Å². The third-order valence-electron chi connectivity index (χ3n) is 2.89. The van der Waals surface area contributed by atoms with E-state index in [0.717, 1.165) is 0 Å². The van der Waals surface area contributed by atoms with Crippen molar-refractivity contribution in [2.24, 2.45) is 5.92 Å². The molecule has 15 heavy (non-hydrogen) atoms. The molecule has 2 atom stereocenters. The van der Waals surface area contributed by atoms with Gasteiger partial charge in [-0.15, -0.1) is 0 Å². The van der Waals surface area contributed by atoms with E-state index in [1.165, 1.54) is 12.0 Å². The van der Waals surface area contributed by atoms with Gasteiger partial charge in [0.1, 0.15) is 0 Å². The van der Waals surface area contributed by atoms with Crippen LogP contribution in [-0.4, -0.2) is 11.0 Å². The number of hydrogen-bond donors (Lipinski definition) is 1. The summed E-state index contributed by atoms with van der Waals surface area (Å²) in [4.78, 5) is 4.14. The van der Waals surface area contributed by atoms with E-state index in [2.05, 4.69) is 44.1 Å². The van der Waals surface area contributed by atoms with Gasteiger partial charge in [0.2, 0.25) is 0 Å². The summed E-state index contributed by atoms with van der Waals surface area (Å²) in [6.45, 7) is 8.95. The van der Waals surface area contributed by atoms with Crippen LogP contribution in [0.4, 0.5) is 0 Å². The van der Waals surface area contributed by atoms with E-state index in [-0.39, 0.29) is 0 Å². The Morgan fingerprint density at radius 1 is 1.33 bits per heavy atom. The topological polar surface area (TPSA) is 24.9 Å².